The van der Waals surface area contributed by atoms with Gasteiger partial charge in [0.1, 0.15) is 22.7 Å². The summed E-state index contributed by atoms with van der Waals surface area (Å²) >= 11 is 0. The fourth-order valence-corrected chi connectivity index (χ4v) is 15.5. The molecule has 1 heterocycles. The van der Waals surface area contributed by atoms with Gasteiger partial charge in [-0.05, 0) is 96.0 Å². The van der Waals surface area contributed by atoms with Gasteiger partial charge in [0.05, 0.1) is 30.0 Å². The highest BCUT2D eigenvalue weighted by Crippen LogP contribution is 2.79. The van der Waals surface area contributed by atoms with Gasteiger partial charge >= 0.3 is 0 Å². The van der Waals surface area contributed by atoms with Gasteiger partial charge in [0.25, 0.3) is 0 Å². The van der Waals surface area contributed by atoms with Crippen molar-refractivity contribution >= 4 is 5.78 Å². The number of carbonyl (C=O) groups is 1. The molecular weight excluding hydrogens is 676 g/mol. The van der Waals surface area contributed by atoms with Gasteiger partial charge in [-0.1, -0.05) is 52.7 Å². The first-order valence-corrected chi connectivity index (χ1v) is 20.1. The van der Waals surface area contributed by atoms with E-state index in [1.54, 1.807) is 6.08 Å². The fraction of sp³-hybridized carbons (Fsp3) is 0.744. The molecule has 0 radical (unpaired) electrons. The minimum absolute atomic E-state index is 0.0264. The first-order valence-electron chi connectivity index (χ1n) is 20.1. The number of phenolic OH excluding ortho intramolecular Hbond substituents is 2. The number of phenols is 2. The molecule has 10 heteroatoms. The van der Waals surface area contributed by atoms with E-state index in [4.69, 9.17) is 4.74 Å². The summed E-state index contributed by atoms with van der Waals surface area (Å²) in [5.74, 6) is -3.96. The van der Waals surface area contributed by atoms with Gasteiger partial charge in [-0.25, -0.2) is 0 Å². The lowest BCUT2D eigenvalue weighted by Gasteiger charge is -2.67. The third-order valence-electron chi connectivity index (χ3n) is 17.5. The Balaban J connectivity index is 1.22. The first kappa shape index (κ1) is 36.3. The first-order chi connectivity index (χ1) is 24.9. The molecule has 0 unspecified atom stereocenters. The van der Waals surface area contributed by atoms with Gasteiger partial charge in [0.15, 0.2) is 5.78 Å². The molecule has 1 aromatic carbocycles. The number of benzene rings is 1. The lowest BCUT2D eigenvalue weighted by molar-refractivity contribution is -0.251. The SMILES string of the molecule is C[C@@H]1[C@H](O)[C@@]2(O[C@H]3C[C@@]4(O)C5=CC(=O)[C@@H]6[C@H](c7cc(O)cc(O)c7)[C@@H](O)[C@@H](O)C[C@]6(C)[C@H]5C5(CCCC5)C[C@]4(C)[C@H]3[C@]2(O)CCO)[C@@H]2C=C[C@@]1(C)CC2. The molecule has 0 amide bonds. The van der Waals surface area contributed by atoms with E-state index < -0.39 is 75.2 Å². The molecular formula is C43H58O10. The minimum Gasteiger partial charge on any atom is -0.508 e. The number of hydrogen-bond acceptors (Lipinski definition) is 10. The van der Waals surface area contributed by atoms with Gasteiger partial charge < -0.3 is 45.6 Å². The van der Waals surface area contributed by atoms with Crippen LogP contribution in [0.15, 0.2) is 42.0 Å². The number of carbonyl (C=O) groups excluding carboxylic acids is 1. The predicted octanol–water partition coefficient (Wildman–Crippen LogP) is 4.01. The van der Waals surface area contributed by atoms with Gasteiger partial charge in [0, 0.05) is 54.6 Å². The van der Waals surface area contributed by atoms with E-state index in [9.17, 15) is 45.6 Å². The van der Waals surface area contributed by atoms with Gasteiger partial charge in [-0.3, -0.25) is 4.79 Å². The number of fused-ring (bicyclic) bond motifs is 10. The molecule has 1 saturated heterocycles. The molecule has 10 rings (SSSR count). The molecule has 9 aliphatic rings. The van der Waals surface area contributed by atoms with Crippen molar-refractivity contribution in [1.29, 1.82) is 0 Å². The zero-order valence-corrected chi connectivity index (χ0v) is 31.4. The van der Waals surface area contributed by atoms with Crippen LogP contribution in [0.3, 0.4) is 0 Å². The van der Waals surface area contributed by atoms with E-state index in [-0.39, 0.29) is 66.3 Å². The summed E-state index contributed by atoms with van der Waals surface area (Å²) in [7, 11) is 0. The van der Waals surface area contributed by atoms with Crippen LogP contribution >= 0.6 is 0 Å². The second kappa shape index (κ2) is 11.2. The molecule has 0 aromatic heterocycles. The largest absolute Gasteiger partial charge is 0.508 e. The smallest absolute Gasteiger partial charge is 0.160 e. The van der Waals surface area contributed by atoms with E-state index in [1.807, 2.05) is 20.8 Å². The van der Waals surface area contributed by atoms with Crippen molar-refractivity contribution in [3.8, 4) is 11.5 Å². The number of aliphatic hydroxyl groups is 6. The van der Waals surface area contributed by atoms with Crippen LogP contribution in [0.5, 0.6) is 11.5 Å². The lowest BCUT2D eigenvalue weighted by Crippen LogP contribution is -2.71. The number of allylic oxidation sites excluding steroid dienone is 2. The van der Waals surface area contributed by atoms with Crippen LogP contribution < -0.4 is 0 Å². The zero-order valence-electron chi connectivity index (χ0n) is 31.4. The Morgan fingerprint density at radius 1 is 0.943 bits per heavy atom. The molecule has 10 nitrogen and oxygen atoms in total. The van der Waals surface area contributed by atoms with Crippen molar-refractivity contribution in [2.75, 3.05) is 6.61 Å². The second-order valence-corrected chi connectivity index (χ2v) is 19.8. The molecule has 290 valence electrons. The van der Waals surface area contributed by atoms with Crippen LogP contribution in [0.1, 0.15) is 103 Å². The summed E-state index contributed by atoms with van der Waals surface area (Å²) < 4.78 is 7.21. The maximum atomic E-state index is 14.8. The highest BCUT2D eigenvalue weighted by atomic mass is 16.6. The molecule has 16 atom stereocenters. The zero-order chi connectivity index (χ0) is 37.9. The summed E-state index contributed by atoms with van der Waals surface area (Å²) in [5, 5.41) is 94.2. The van der Waals surface area contributed by atoms with Crippen LogP contribution in [-0.2, 0) is 9.53 Å². The summed E-state index contributed by atoms with van der Waals surface area (Å²) in [6, 6.07) is 4.07. The van der Waals surface area contributed by atoms with Crippen molar-refractivity contribution in [3.05, 3.63) is 47.6 Å². The molecule has 8 aliphatic carbocycles. The highest BCUT2D eigenvalue weighted by molar-refractivity contribution is 5.96. The summed E-state index contributed by atoms with van der Waals surface area (Å²) in [6.07, 6.45) is 7.48. The van der Waals surface area contributed by atoms with Crippen LogP contribution in [-0.4, -0.2) is 94.5 Å². The number of rotatable bonds is 3. The topological polar surface area (TPSA) is 188 Å². The number of ketones is 1. The normalized spacial score (nSPS) is 53.3. The third-order valence-corrected chi connectivity index (χ3v) is 17.5. The van der Waals surface area contributed by atoms with Crippen LogP contribution in [0, 0.1) is 51.2 Å². The van der Waals surface area contributed by atoms with E-state index in [2.05, 4.69) is 19.1 Å². The van der Waals surface area contributed by atoms with Crippen molar-refractivity contribution in [2.24, 2.45) is 51.2 Å². The Kier molecular flexibility index (Phi) is 7.66. The maximum absolute atomic E-state index is 14.8. The van der Waals surface area contributed by atoms with Gasteiger partial charge in [-0.15, -0.1) is 0 Å². The van der Waals surface area contributed by atoms with E-state index >= 15 is 0 Å². The highest BCUT2D eigenvalue weighted by Gasteiger charge is 2.83. The summed E-state index contributed by atoms with van der Waals surface area (Å²) in [6.45, 7) is 7.90. The Morgan fingerprint density at radius 2 is 1.62 bits per heavy atom. The lowest BCUT2D eigenvalue weighted by atomic mass is 9.37. The quantitative estimate of drug-likeness (QED) is 0.211. The Labute approximate surface area is 311 Å². The Hall–Kier alpha value is -2.31. The molecule has 5 saturated carbocycles. The molecule has 2 bridgehead atoms. The number of ether oxygens (including phenoxy) is 1. The molecule has 1 aliphatic heterocycles. The molecule has 8 N–H and O–H groups in total. The van der Waals surface area contributed by atoms with Crippen molar-refractivity contribution in [1.82, 2.24) is 0 Å². The molecule has 2 spiro atoms. The number of aliphatic hydroxyl groups excluding tert-OH is 4. The standard InChI is InChI=1S/C43H58O10/c1-22-36(50)43(24-7-11-37(22,2)12-8-24)41(51,13-14-44)35-30(53-43)20-42(52)27-18-28(47)32-31(23-15-25(45)17-26(46)16-23)33(49)29(48)19-38(32,3)34(27)40(9-5-6-10-40)21-39(35,42)4/h7,11,15-18,22,24,29-36,44-46,48-52H,5-6,8-10,12-14,19-21H2,1-4H3/t22-,24-,29+,30+,31+,32-,33+,34+,35+,36+,37+,38+,39-,41-,42-,43+/m1/s1. The molecule has 6 fully saturated rings. The maximum Gasteiger partial charge on any atom is 0.160 e. The average Bonchev–Trinajstić information content (AvgIpc) is 3.68. The summed E-state index contributed by atoms with van der Waals surface area (Å²) in [5.41, 5.74) is -6.33. The van der Waals surface area contributed by atoms with Crippen molar-refractivity contribution in [2.45, 2.75) is 139 Å². The minimum atomic E-state index is -1.70. The average molecular weight is 735 g/mol. The summed E-state index contributed by atoms with van der Waals surface area (Å²) in [4.78, 5) is 14.8. The van der Waals surface area contributed by atoms with Crippen LogP contribution in [0.2, 0.25) is 0 Å². The van der Waals surface area contributed by atoms with E-state index in [0.29, 0.717) is 17.6 Å². The van der Waals surface area contributed by atoms with Crippen LogP contribution in [0.4, 0.5) is 0 Å². The molecule has 53 heavy (non-hydrogen) atoms. The number of hydrogen-bond donors (Lipinski definition) is 8. The van der Waals surface area contributed by atoms with Gasteiger partial charge in [-0.2, -0.15) is 0 Å². The van der Waals surface area contributed by atoms with Gasteiger partial charge in [0.2, 0.25) is 0 Å². The van der Waals surface area contributed by atoms with Crippen molar-refractivity contribution in [3.63, 3.8) is 0 Å². The van der Waals surface area contributed by atoms with Crippen molar-refractivity contribution < 1.29 is 50.4 Å². The third kappa shape index (κ3) is 4.22. The predicted molar refractivity (Wildman–Crippen MR) is 193 cm³/mol. The Bertz CT molecular complexity index is 1760. The number of aromatic hydroxyl groups is 2. The monoisotopic (exact) mass is 734 g/mol. The second-order valence-electron chi connectivity index (χ2n) is 19.8. The van der Waals surface area contributed by atoms with E-state index in [1.165, 1.54) is 18.2 Å². The van der Waals surface area contributed by atoms with Crippen LogP contribution in [0.25, 0.3) is 0 Å². The van der Waals surface area contributed by atoms with E-state index in [0.717, 1.165) is 38.5 Å². The molecule has 1 aromatic rings. The fourth-order valence-electron chi connectivity index (χ4n) is 15.5. The Morgan fingerprint density at radius 3 is 2.25 bits per heavy atom.